The van der Waals surface area contributed by atoms with Gasteiger partial charge in [0.2, 0.25) is 10.0 Å². The van der Waals surface area contributed by atoms with Crippen LogP contribution in [-0.2, 0) is 10.0 Å². The summed E-state index contributed by atoms with van der Waals surface area (Å²) in [5.41, 5.74) is 1.16. The average molecular weight is 337 g/mol. The number of carbonyl (C=O) groups is 1. The zero-order valence-corrected chi connectivity index (χ0v) is 14.1. The molecule has 2 aliphatic rings. The van der Waals surface area contributed by atoms with Crippen molar-refractivity contribution in [2.75, 3.05) is 22.8 Å². The van der Waals surface area contributed by atoms with E-state index in [9.17, 15) is 13.2 Å². The second-order valence-electron chi connectivity index (χ2n) is 6.48. The number of nitrogens with zero attached hydrogens (tertiary/aromatic N) is 1. The first-order valence-electron chi connectivity index (χ1n) is 8.08. The molecule has 2 amide bonds. The summed E-state index contributed by atoms with van der Waals surface area (Å²) >= 11 is 0. The summed E-state index contributed by atoms with van der Waals surface area (Å²) in [5.74, 6) is 0.671. The Hall–Kier alpha value is -1.76. The van der Waals surface area contributed by atoms with Gasteiger partial charge in [0, 0.05) is 24.0 Å². The van der Waals surface area contributed by atoms with Gasteiger partial charge in [-0.1, -0.05) is 6.42 Å². The molecule has 2 fully saturated rings. The lowest BCUT2D eigenvalue weighted by Gasteiger charge is -2.36. The molecule has 0 bridgehead atoms. The molecule has 1 aliphatic heterocycles. The van der Waals surface area contributed by atoms with Crippen LogP contribution in [0, 0.1) is 5.92 Å². The Morgan fingerprint density at radius 2 is 1.74 bits per heavy atom. The Bertz CT molecular complexity index is 668. The number of nitrogens with one attached hydrogen (secondary N) is 2. The lowest BCUT2D eigenvalue weighted by Crippen LogP contribution is -2.44. The summed E-state index contributed by atoms with van der Waals surface area (Å²) in [4.78, 5) is 14.5. The van der Waals surface area contributed by atoms with Crippen LogP contribution in [0.4, 0.5) is 16.2 Å². The molecule has 7 heteroatoms. The number of hydrogen-bond donors (Lipinski definition) is 2. The molecular formula is C16H23N3O3S. The SMILES string of the molecule is CS(=O)(=O)Nc1ccc(NC(=O)N2CCCC2C2CCC2)cc1. The van der Waals surface area contributed by atoms with Gasteiger partial charge >= 0.3 is 6.03 Å². The molecular weight excluding hydrogens is 314 g/mol. The van der Waals surface area contributed by atoms with Gasteiger partial charge in [0.1, 0.15) is 0 Å². The van der Waals surface area contributed by atoms with Gasteiger partial charge in [-0.25, -0.2) is 13.2 Å². The third kappa shape index (κ3) is 3.96. The van der Waals surface area contributed by atoms with Crippen molar-refractivity contribution in [3.05, 3.63) is 24.3 Å². The molecule has 0 aromatic heterocycles. The van der Waals surface area contributed by atoms with Crippen LogP contribution in [0.5, 0.6) is 0 Å². The molecule has 1 aromatic carbocycles. The number of urea groups is 1. The normalized spacial score (nSPS) is 21.8. The zero-order chi connectivity index (χ0) is 16.4. The summed E-state index contributed by atoms with van der Waals surface area (Å²) in [6, 6.07) is 7.03. The number of hydrogen-bond acceptors (Lipinski definition) is 3. The van der Waals surface area contributed by atoms with Crippen molar-refractivity contribution in [1.29, 1.82) is 0 Å². The highest BCUT2D eigenvalue weighted by atomic mass is 32.2. The molecule has 1 saturated carbocycles. The van der Waals surface area contributed by atoms with Crippen LogP contribution in [0.15, 0.2) is 24.3 Å². The summed E-state index contributed by atoms with van der Waals surface area (Å²) in [6.45, 7) is 0.820. The van der Waals surface area contributed by atoms with Crippen molar-refractivity contribution in [2.45, 2.75) is 38.1 Å². The van der Waals surface area contributed by atoms with Crippen LogP contribution in [0.2, 0.25) is 0 Å². The lowest BCUT2D eigenvalue weighted by molar-refractivity contribution is 0.148. The molecule has 0 radical (unpaired) electrons. The van der Waals surface area contributed by atoms with Gasteiger partial charge < -0.3 is 10.2 Å². The van der Waals surface area contributed by atoms with E-state index in [0.29, 0.717) is 23.3 Å². The highest BCUT2D eigenvalue weighted by Gasteiger charge is 2.37. The Balaban J connectivity index is 1.61. The van der Waals surface area contributed by atoms with E-state index in [1.165, 1.54) is 19.3 Å². The first kappa shape index (κ1) is 16.1. The predicted octanol–water partition coefficient (Wildman–Crippen LogP) is 2.85. The number of rotatable bonds is 4. The first-order chi connectivity index (χ1) is 10.9. The van der Waals surface area contributed by atoms with Gasteiger partial charge in [0.15, 0.2) is 0 Å². The van der Waals surface area contributed by atoms with E-state index in [4.69, 9.17) is 0 Å². The predicted molar refractivity (Wildman–Crippen MR) is 91.0 cm³/mol. The smallest absolute Gasteiger partial charge is 0.321 e. The van der Waals surface area contributed by atoms with Crippen LogP contribution < -0.4 is 10.0 Å². The summed E-state index contributed by atoms with van der Waals surface area (Å²) < 4.78 is 24.8. The summed E-state index contributed by atoms with van der Waals surface area (Å²) in [6.07, 6.45) is 7.05. The minimum atomic E-state index is -3.29. The van der Waals surface area contributed by atoms with Crippen molar-refractivity contribution < 1.29 is 13.2 Å². The minimum absolute atomic E-state index is 0.0526. The van der Waals surface area contributed by atoms with Crippen molar-refractivity contribution >= 4 is 27.4 Å². The molecule has 2 N–H and O–H groups in total. The van der Waals surface area contributed by atoms with Gasteiger partial charge in [-0.05, 0) is 55.9 Å². The Kier molecular flexibility index (Phi) is 4.48. The summed E-state index contributed by atoms with van der Waals surface area (Å²) in [7, 11) is -3.29. The molecule has 3 rings (SSSR count). The molecule has 1 heterocycles. The average Bonchev–Trinajstić information content (AvgIpc) is 2.86. The molecule has 1 atom stereocenters. The van der Waals surface area contributed by atoms with Crippen LogP contribution >= 0.6 is 0 Å². The lowest BCUT2D eigenvalue weighted by atomic mass is 9.79. The molecule has 1 saturated heterocycles. The van der Waals surface area contributed by atoms with Crippen LogP contribution in [0.25, 0.3) is 0 Å². The van der Waals surface area contributed by atoms with Gasteiger partial charge in [0.25, 0.3) is 0 Å². The number of anilines is 2. The Labute approximate surface area is 137 Å². The van der Waals surface area contributed by atoms with Crippen molar-refractivity contribution in [1.82, 2.24) is 4.90 Å². The molecule has 6 nitrogen and oxygen atoms in total. The van der Waals surface area contributed by atoms with E-state index >= 15 is 0 Å². The monoisotopic (exact) mass is 337 g/mol. The molecule has 1 aliphatic carbocycles. The fourth-order valence-electron chi connectivity index (χ4n) is 3.39. The number of likely N-dealkylation sites (tertiary alicyclic amines) is 1. The van der Waals surface area contributed by atoms with E-state index in [2.05, 4.69) is 10.0 Å². The van der Waals surface area contributed by atoms with E-state index in [-0.39, 0.29) is 6.03 Å². The number of carbonyl (C=O) groups excluding carboxylic acids is 1. The molecule has 0 spiro atoms. The van der Waals surface area contributed by atoms with Crippen LogP contribution in [-0.4, -0.2) is 38.2 Å². The maximum Gasteiger partial charge on any atom is 0.322 e. The third-order valence-corrected chi connectivity index (χ3v) is 5.30. The molecule has 1 aromatic rings. The molecule has 23 heavy (non-hydrogen) atoms. The standard InChI is InChI=1S/C16H23N3O3S/c1-23(21,22)18-14-9-7-13(8-10-14)17-16(20)19-11-3-6-15(19)12-4-2-5-12/h7-10,12,15,18H,2-6,11H2,1H3,(H,17,20). The van der Waals surface area contributed by atoms with Gasteiger partial charge in [0.05, 0.1) is 6.26 Å². The zero-order valence-electron chi connectivity index (χ0n) is 13.3. The summed E-state index contributed by atoms with van der Waals surface area (Å²) in [5, 5.41) is 2.92. The van der Waals surface area contributed by atoms with E-state index in [1.807, 2.05) is 4.90 Å². The quantitative estimate of drug-likeness (QED) is 0.887. The number of amides is 2. The van der Waals surface area contributed by atoms with Gasteiger partial charge in [-0.2, -0.15) is 0 Å². The van der Waals surface area contributed by atoms with E-state index in [1.54, 1.807) is 24.3 Å². The van der Waals surface area contributed by atoms with Crippen LogP contribution in [0.1, 0.15) is 32.1 Å². The third-order valence-electron chi connectivity index (χ3n) is 4.69. The fraction of sp³-hybridized carbons (Fsp3) is 0.562. The second-order valence-corrected chi connectivity index (χ2v) is 8.22. The topological polar surface area (TPSA) is 78.5 Å². The van der Waals surface area contributed by atoms with Crippen LogP contribution in [0.3, 0.4) is 0 Å². The molecule has 126 valence electrons. The van der Waals surface area contributed by atoms with Crippen molar-refractivity contribution in [2.24, 2.45) is 5.92 Å². The van der Waals surface area contributed by atoms with Gasteiger partial charge in [-0.3, -0.25) is 4.72 Å². The Morgan fingerprint density at radius 3 is 2.30 bits per heavy atom. The first-order valence-corrected chi connectivity index (χ1v) is 9.97. The fourth-order valence-corrected chi connectivity index (χ4v) is 3.95. The highest BCUT2D eigenvalue weighted by Crippen LogP contribution is 2.37. The maximum atomic E-state index is 12.5. The van der Waals surface area contributed by atoms with Gasteiger partial charge in [-0.15, -0.1) is 0 Å². The van der Waals surface area contributed by atoms with E-state index in [0.717, 1.165) is 25.6 Å². The maximum absolute atomic E-state index is 12.5. The largest absolute Gasteiger partial charge is 0.322 e. The number of sulfonamides is 1. The Morgan fingerprint density at radius 1 is 1.09 bits per heavy atom. The molecule has 1 unspecified atom stereocenters. The highest BCUT2D eigenvalue weighted by molar-refractivity contribution is 7.92. The minimum Gasteiger partial charge on any atom is -0.321 e. The van der Waals surface area contributed by atoms with E-state index < -0.39 is 10.0 Å². The second kappa shape index (κ2) is 6.39. The van der Waals surface area contributed by atoms with Crippen molar-refractivity contribution in [3.8, 4) is 0 Å². The number of benzene rings is 1. The van der Waals surface area contributed by atoms with Crippen molar-refractivity contribution in [3.63, 3.8) is 0 Å².